The number of nitrogens with one attached hydrogen (secondary N) is 1. The van der Waals surface area contributed by atoms with Crippen LogP contribution in [-0.4, -0.2) is 91.8 Å². The molecule has 0 aromatic carbocycles. The van der Waals surface area contributed by atoms with E-state index in [0.717, 1.165) is 63.2 Å². The number of hydrogen-bond donors (Lipinski definition) is 1. The van der Waals surface area contributed by atoms with E-state index in [1.54, 1.807) is 0 Å². The van der Waals surface area contributed by atoms with Gasteiger partial charge in [0.05, 0.1) is 0 Å². The van der Waals surface area contributed by atoms with Crippen LogP contribution in [0, 0.1) is 0 Å². The van der Waals surface area contributed by atoms with Gasteiger partial charge < -0.3 is 36.4 Å². The first-order chi connectivity index (χ1) is 17.0. The van der Waals surface area contributed by atoms with Crippen molar-refractivity contribution in [3.05, 3.63) is 18.2 Å². The number of aryl methyl sites for hydroxylation is 1. The van der Waals surface area contributed by atoms with E-state index >= 15 is 0 Å². The van der Waals surface area contributed by atoms with Crippen molar-refractivity contribution < 1.29 is 26.6 Å². The standard InChI is InChI=1S/C24H51N3O6Si2/c1-7-28-34(29-8-2,30-9-3)22-14-20-27(19-13-16-24-25-17-18-26-24)21-15-23-35(31-10-4,32-11-5)33-12-6/h17-18H,7-16,19-23H2,1-6H3,(H,25,26). The van der Waals surface area contributed by atoms with Crippen LogP contribution in [0.3, 0.4) is 0 Å². The maximum atomic E-state index is 6.05. The van der Waals surface area contributed by atoms with E-state index in [1.165, 1.54) is 0 Å². The van der Waals surface area contributed by atoms with Crippen LogP contribution in [0.25, 0.3) is 0 Å². The summed E-state index contributed by atoms with van der Waals surface area (Å²) in [6, 6.07) is 1.65. The van der Waals surface area contributed by atoms with Crippen molar-refractivity contribution in [3.63, 3.8) is 0 Å². The molecular weight excluding hydrogens is 482 g/mol. The summed E-state index contributed by atoms with van der Waals surface area (Å²) in [4.78, 5) is 10.1. The van der Waals surface area contributed by atoms with Crippen LogP contribution in [0.1, 0.15) is 66.6 Å². The Morgan fingerprint density at radius 1 is 0.657 bits per heavy atom. The van der Waals surface area contributed by atoms with E-state index in [9.17, 15) is 0 Å². The predicted octanol–water partition coefficient (Wildman–Crippen LogP) is 4.52. The van der Waals surface area contributed by atoms with Crippen LogP contribution in [0.2, 0.25) is 12.1 Å². The first-order valence-corrected chi connectivity index (χ1v) is 17.4. The lowest BCUT2D eigenvalue weighted by Gasteiger charge is -2.31. The van der Waals surface area contributed by atoms with Gasteiger partial charge in [-0.3, -0.25) is 0 Å². The zero-order valence-electron chi connectivity index (χ0n) is 23.1. The first-order valence-electron chi connectivity index (χ1n) is 13.6. The monoisotopic (exact) mass is 533 g/mol. The van der Waals surface area contributed by atoms with Crippen molar-refractivity contribution in [2.75, 3.05) is 59.3 Å². The van der Waals surface area contributed by atoms with Gasteiger partial charge >= 0.3 is 17.6 Å². The molecule has 206 valence electrons. The molecule has 0 radical (unpaired) electrons. The third-order valence-electron chi connectivity index (χ3n) is 5.54. The Labute approximate surface area is 215 Å². The second-order valence-corrected chi connectivity index (χ2v) is 13.6. The third-order valence-corrected chi connectivity index (χ3v) is 11.8. The fraction of sp³-hybridized carbons (Fsp3) is 0.875. The summed E-state index contributed by atoms with van der Waals surface area (Å²) in [5.74, 6) is 1.04. The Morgan fingerprint density at radius 3 is 1.40 bits per heavy atom. The molecule has 1 N–H and O–H groups in total. The number of H-pyrrole nitrogens is 1. The summed E-state index contributed by atoms with van der Waals surface area (Å²) in [7, 11) is -5.25. The van der Waals surface area contributed by atoms with Gasteiger partial charge in [0.15, 0.2) is 0 Å². The quantitative estimate of drug-likeness (QED) is 0.194. The predicted molar refractivity (Wildman–Crippen MR) is 143 cm³/mol. The molecule has 0 aliphatic heterocycles. The molecule has 0 fully saturated rings. The summed E-state index contributed by atoms with van der Waals surface area (Å²) in [6.07, 6.45) is 7.62. The SMILES string of the molecule is CCO[Si](CCCN(CCCc1ncc[nH]1)CCC[Si](OCC)(OCC)OCC)(OCC)OCC. The van der Waals surface area contributed by atoms with E-state index < -0.39 is 17.6 Å². The van der Waals surface area contributed by atoms with Crippen molar-refractivity contribution in [2.45, 2.75) is 79.3 Å². The Hall–Kier alpha value is -0.636. The van der Waals surface area contributed by atoms with Gasteiger partial charge in [-0.25, -0.2) is 4.98 Å². The molecule has 0 saturated heterocycles. The van der Waals surface area contributed by atoms with E-state index in [4.69, 9.17) is 26.6 Å². The Bertz CT molecular complexity index is 546. The van der Waals surface area contributed by atoms with Crippen molar-refractivity contribution in [1.29, 1.82) is 0 Å². The number of imidazole rings is 1. The molecule has 0 aliphatic rings. The smallest absolute Gasteiger partial charge is 0.374 e. The van der Waals surface area contributed by atoms with Gasteiger partial charge in [-0.15, -0.1) is 0 Å². The minimum absolute atomic E-state index is 0.609. The van der Waals surface area contributed by atoms with Gasteiger partial charge in [0.2, 0.25) is 0 Å². The van der Waals surface area contributed by atoms with Gasteiger partial charge in [-0.1, -0.05) is 0 Å². The van der Waals surface area contributed by atoms with Gasteiger partial charge in [0.1, 0.15) is 5.82 Å². The van der Waals surface area contributed by atoms with Gasteiger partial charge in [0, 0.05) is 70.5 Å². The summed E-state index contributed by atoms with van der Waals surface area (Å²) in [6.45, 7) is 18.6. The van der Waals surface area contributed by atoms with Crippen LogP contribution < -0.4 is 0 Å². The average molecular weight is 534 g/mol. The first kappa shape index (κ1) is 32.4. The van der Waals surface area contributed by atoms with Crippen molar-refractivity contribution in [3.8, 4) is 0 Å². The molecule has 35 heavy (non-hydrogen) atoms. The van der Waals surface area contributed by atoms with Crippen LogP contribution in [-0.2, 0) is 33.0 Å². The fourth-order valence-corrected chi connectivity index (χ4v) is 9.47. The van der Waals surface area contributed by atoms with E-state index in [2.05, 4.69) is 14.9 Å². The fourth-order valence-electron chi connectivity index (χ4n) is 4.28. The van der Waals surface area contributed by atoms with E-state index in [1.807, 2.05) is 53.9 Å². The molecule has 0 unspecified atom stereocenters. The van der Waals surface area contributed by atoms with Gasteiger partial charge in [-0.05, 0) is 80.4 Å². The second kappa shape index (κ2) is 19.5. The molecule has 0 bridgehead atoms. The molecule has 9 nitrogen and oxygen atoms in total. The largest absolute Gasteiger partial charge is 0.500 e. The minimum Gasteiger partial charge on any atom is -0.374 e. The Morgan fingerprint density at radius 2 is 1.06 bits per heavy atom. The molecule has 1 aromatic heterocycles. The highest BCUT2D eigenvalue weighted by Crippen LogP contribution is 2.21. The molecule has 0 saturated carbocycles. The van der Waals surface area contributed by atoms with Crippen LogP contribution in [0.15, 0.2) is 12.4 Å². The molecule has 0 aliphatic carbocycles. The van der Waals surface area contributed by atoms with Crippen LogP contribution >= 0.6 is 0 Å². The Balaban J connectivity index is 2.74. The number of aromatic nitrogens is 2. The maximum Gasteiger partial charge on any atom is 0.500 e. The highest BCUT2D eigenvalue weighted by Gasteiger charge is 2.41. The van der Waals surface area contributed by atoms with E-state index in [0.29, 0.717) is 39.6 Å². The summed E-state index contributed by atoms with van der Waals surface area (Å²) in [5, 5.41) is 0. The van der Waals surface area contributed by atoms with Gasteiger partial charge in [-0.2, -0.15) is 0 Å². The number of hydrogen-bond acceptors (Lipinski definition) is 8. The lowest BCUT2D eigenvalue weighted by molar-refractivity contribution is 0.0692. The van der Waals surface area contributed by atoms with Gasteiger partial charge in [0.25, 0.3) is 0 Å². The summed E-state index contributed by atoms with van der Waals surface area (Å²) < 4.78 is 36.3. The minimum atomic E-state index is -2.63. The lowest BCUT2D eigenvalue weighted by atomic mass is 10.2. The number of nitrogens with zero attached hydrogens (tertiary/aromatic N) is 2. The van der Waals surface area contributed by atoms with Crippen molar-refractivity contribution in [2.24, 2.45) is 0 Å². The normalized spacial score (nSPS) is 12.7. The Kier molecular flexibility index (Phi) is 18.0. The second-order valence-electron chi connectivity index (χ2n) is 8.15. The third kappa shape index (κ3) is 12.9. The van der Waals surface area contributed by atoms with Crippen LogP contribution in [0.4, 0.5) is 0 Å². The van der Waals surface area contributed by atoms with Crippen molar-refractivity contribution >= 4 is 17.6 Å². The molecule has 11 heteroatoms. The zero-order valence-corrected chi connectivity index (χ0v) is 25.1. The maximum absolute atomic E-state index is 6.05. The molecule has 0 amide bonds. The molecule has 1 rings (SSSR count). The molecule has 1 aromatic rings. The lowest BCUT2D eigenvalue weighted by Crippen LogP contribution is -2.47. The molecule has 1 heterocycles. The topological polar surface area (TPSA) is 87.3 Å². The molecular formula is C24H51N3O6Si2. The van der Waals surface area contributed by atoms with E-state index in [-0.39, 0.29) is 0 Å². The highest BCUT2D eigenvalue weighted by molar-refractivity contribution is 6.61. The van der Waals surface area contributed by atoms with Crippen molar-refractivity contribution in [1.82, 2.24) is 14.9 Å². The summed E-state index contributed by atoms with van der Waals surface area (Å²) >= 11 is 0. The van der Waals surface area contributed by atoms with Crippen LogP contribution in [0.5, 0.6) is 0 Å². The number of rotatable bonds is 24. The highest BCUT2D eigenvalue weighted by atomic mass is 28.4. The molecule has 0 atom stereocenters. The molecule has 0 spiro atoms. The number of aromatic amines is 1. The average Bonchev–Trinajstić information content (AvgIpc) is 3.33. The summed E-state index contributed by atoms with van der Waals surface area (Å²) in [5.41, 5.74) is 0. The zero-order chi connectivity index (χ0) is 25.8.